The van der Waals surface area contributed by atoms with Gasteiger partial charge >= 0.3 is 0 Å². The summed E-state index contributed by atoms with van der Waals surface area (Å²) in [7, 11) is 3.10. The summed E-state index contributed by atoms with van der Waals surface area (Å²) in [6, 6.07) is 6.58. The SMILES string of the molecule is COc1cc2n[nH]cc2cc1C(=O)Nc1cccn(C)c1=O. The molecule has 0 bridgehead atoms. The molecular formula is C15H14N4O3. The molecule has 3 rings (SSSR count). The van der Waals surface area contributed by atoms with Crippen molar-refractivity contribution in [2.24, 2.45) is 7.05 Å². The second-order valence-electron chi connectivity index (χ2n) is 4.79. The van der Waals surface area contributed by atoms with Gasteiger partial charge in [0.2, 0.25) is 0 Å². The number of hydrogen-bond donors (Lipinski definition) is 2. The van der Waals surface area contributed by atoms with E-state index in [0.29, 0.717) is 16.8 Å². The number of carbonyl (C=O) groups excluding carboxylic acids is 1. The predicted molar refractivity (Wildman–Crippen MR) is 82.3 cm³/mol. The fourth-order valence-electron chi connectivity index (χ4n) is 2.20. The highest BCUT2D eigenvalue weighted by Crippen LogP contribution is 2.25. The zero-order chi connectivity index (χ0) is 15.7. The van der Waals surface area contributed by atoms with Crippen molar-refractivity contribution in [1.82, 2.24) is 14.8 Å². The lowest BCUT2D eigenvalue weighted by molar-refractivity contribution is 0.102. The second kappa shape index (κ2) is 5.36. The average molecular weight is 298 g/mol. The molecule has 0 aliphatic carbocycles. The molecule has 0 spiro atoms. The first-order chi connectivity index (χ1) is 10.6. The van der Waals surface area contributed by atoms with Crippen molar-refractivity contribution in [1.29, 1.82) is 0 Å². The lowest BCUT2D eigenvalue weighted by Crippen LogP contribution is -2.23. The summed E-state index contributed by atoms with van der Waals surface area (Å²) in [6.45, 7) is 0. The molecule has 112 valence electrons. The molecule has 3 aromatic rings. The number of aryl methyl sites for hydroxylation is 1. The number of rotatable bonds is 3. The fourth-order valence-corrected chi connectivity index (χ4v) is 2.20. The first kappa shape index (κ1) is 13.9. The number of benzene rings is 1. The van der Waals surface area contributed by atoms with Crippen molar-refractivity contribution in [3.63, 3.8) is 0 Å². The third kappa shape index (κ3) is 2.32. The van der Waals surface area contributed by atoms with Crippen LogP contribution in [-0.4, -0.2) is 27.8 Å². The predicted octanol–water partition coefficient (Wildman–Crippen LogP) is 1.52. The molecule has 0 unspecified atom stereocenters. The number of hydrogen-bond acceptors (Lipinski definition) is 4. The van der Waals surface area contributed by atoms with Crippen LogP contribution in [0.3, 0.4) is 0 Å². The topological polar surface area (TPSA) is 89.0 Å². The Labute approximate surface area is 125 Å². The number of aromatic nitrogens is 3. The fraction of sp³-hybridized carbons (Fsp3) is 0.133. The van der Waals surface area contributed by atoms with Crippen molar-refractivity contribution in [2.75, 3.05) is 12.4 Å². The lowest BCUT2D eigenvalue weighted by Gasteiger charge is -2.09. The third-order valence-corrected chi connectivity index (χ3v) is 3.37. The summed E-state index contributed by atoms with van der Waals surface area (Å²) in [5, 5.41) is 10.2. The van der Waals surface area contributed by atoms with Gasteiger partial charge in [-0.1, -0.05) is 0 Å². The highest BCUT2D eigenvalue weighted by atomic mass is 16.5. The molecular weight excluding hydrogens is 284 g/mol. The van der Waals surface area contributed by atoms with Gasteiger partial charge in [0.25, 0.3) is 11.5 Å². The van der Waals surface area contributed by atoms with E-state index in [1.807, 2.05) is 0 Å². The van der Waals surface area contributed by atoms with Gasteiger partial charge in [-0.25, -0.2) is 0 Å². The van der Waals surface area contributed by atoms with Crippen LogP contribution in [0.15, 0.2) is 41.5 Å². The minimum atomic E-state index is -0.414. The van der Waals surface area contributed by atoms with Crippen LogP contribution in [0.5, 0.6) is 5.75 Å². The van der Waals surface area contributed by atoms with Crippen molar-refractivity contribution in [2.45, 2.75) is 0 Å². The summed E-state index contributed by atoms with van der Waals surface area (Å²) in [5.41, 5.74) is 0.967. The largest absolute Gasteiger partial charge is 0.496 e. The van der Waals surface area contributed by atoms with E-state index in [4.69, 9.17) is 4.74 Å². The van der Waals surface area contributed by atoms with E-state index in [0.717, 1.165) is 5.39 Å². The Bertz CT molecular complexity index is 911. The lowest BCUT2D eigenvalue weighted by atomic mass is 10.1. The molecule has 2 N–H and O–H groups in total. The number of nitrogens with zero attached hydrogens (tertiary/aromatic N) is 2. The molecule has 0 radical (unpaired) electrons. The highest BCUT2D eigenvalue weighted by molar-refractivity contribution is 6.08. The van der Waals surface area contributed by atoms with Crippen molar-refractivity contribution >= 4 is 22.5 Å². The van der Waals surface area contributed by atoms with E-state index < -0.39 is 5.91 Å². The molecule has 7 nitrogen and oxygen atoms in total. The van der Waals surface area contributed by atoms with Crippen molar-refractivity contribution in [3.8, 4) is 5.75 Å². The molecule has 0 aliphatic heterocycles. The zero-order valence-corrected chi connectivity index (χ0v) is 12.1. The first-order valence-corrected chi connectivity index (χ1v) is 6.58. The Morgan fingerprint density at radius 1 is 1.41 bits per heavy atom. The number of aromatic amines is 1. The third-order valence-electron chi connectivity index (χ3n) is 3.37. The summed E-state index contributed by atoms with van der Waals surface area (Å²) >= 11 is 0. The van der Waals surface area contributed by atoms with Gasteiger partial charge in [0, 0.05) is 30.9 Å². The molecule has 0 fully saturated rings. The Kier molecular flexibility index (Phi) is 3.38. The van der Waals surface area contributed by atoms with E-state index in [1.54, 1.807) is 43.7 Å². The molecule has 0 saturated carbocycles. The average Bonchev–Trinajstić information content (AvgIpc) is 2.97. The number of anilines is 1. The van der Waals surface area contributed by atoms with E-state index in [2.05, 4.69) is 15.5 Å². The van der Waals surface area contributed by atoms with Crippen LogP contribution in [0.25, 0.3) is 10.9 Å². The van der Waals surface area contributed by atoms with Crippen LogP contribution in [0.1, 0.15) is 10.4 Å². The van der Waals surface area contributed by atoms with E-state index >= 15 is 0 Å². The maximum Gasteiger partial charge on any atom is 0.274 e. The van der Waals surface area contributed by atoms with Crippen LogP contribution in [-0.2, 0) is 7.05 Å². The van der Waals surface area contributed by atoms with Crippen LogP contribution >= 0.6 is 0 Å². The van der Waals surface area contributed by atoms with E-state index in [1.165, 1.54) is 11.7 Å². The maximum absolute atomic E-state index is 12.5. The number of amides is 1. The number of ether oxygens (including phenoxy) is 1. The van der Waals surface area contributed by atoms with Gasteiger partial charge in [-0.05, 0) is 18.2 Å². The van der Waals surface area contributed by atoms with E-state index in [-0.39, 0.29) is 11.2 Å². The molecule has 2 aromatic heterocycles. The Morgan fingerprint density at radius 2 is 2.23 bits per heavy atom. The van der Waals surface area contributed by atoms with Crippen LogP contribution in [0, 0.1) is 0 Å². The number of pyridine rings is 1. The van der Waals surface area contributed by atoms with Gasteiger partial charge in [0.1, 0.15) is 11.4 Å². The van der Waals surface area contributed by atoms with Crippen LogP contribution < -0.4 is 15.6 Å². The Hall–Kier alpha value is -3.09. The van der Waals surface area contributed by atoms with Gasteiger partial charge in [0.05, 0.1) is 18.2 Å². The standard InChI is InChI=1S/C15H14N4O3/c1-19-5-3-4-11(15(19)21)17-14(20)10-6-9-8-16-18-12(9)7-13(10)22-2/h3-8H,1-2H3,(H,16,18)(H,17,20). The summed E-state index contributed by atoms with van der Waals surface area (Å²) < 4.78 is 6.63. The van der Waals surface area contributed by atoms with Crippen LogP contribution in [0.2, 0.25) is 0 Å². The molecule has 0 saturated heterocycles. The van der Waals surface area contributed by atoms with Crippen molar-refractivity contribution in [3.05, 3.63) is 52.6 Å². The first-order valence-electron chi connectivity index (χ1n) is 6.58. The van der Waals surface area contributed by atoms with Gasteiger partial charge < -0.3 is 14.6 Å². The quantitative estimate of drug-likeness (QED) is 0.767. The minimum Gasteiger partial charge on any atom is -0.496 e. The molecule has 0 aliphatic rings. The maximum atomic E-state index is 12.5. The zero-order valence-electron chi connectivity index (χ0n) is 12.1. The molecule has 1 amide bonds. The monoisotopic (exact) mass is 298 g/mol. The number of carbonyl (C=O) groups is 1. The normalized spacial score (nSPS) is 10.6. The molecule has 2 heterocycles. The summed E-state index contributed by atoms with van der Waals surface area (Å²) in [5.74, 6) is -0.0203. The smallest absolute Gasteiger partial charge is 0.274 e. The minimum absolute atomic E-state index is 0.212. The second-order valence-corrected chi connectivity index (χ2v) is 4.79. The van der Waals surface area contributed by atoms with Gasteiger partial charge in [-0.15, -0.1) is 0 Å². The number of fused-ring (bicyclic) bond motifs is 1. The van der Waals surface area contributed by atoms with Gasteiger partial charge in [-0.3, -0.25) is 14.7 Å². The molecule has 1 aromatic carbocycles. The number of H-pyrrole nitrogens is 1. The van der Waals surface area contributed by atoms with Crippen LogP contribution in [0.4, 0.5) is 5.69 Å². The molecule has 0 atom stereocenters. The summed E-state index contributed by atoms with van der Waals surface area (Å²) in [6.07, 6.45) is 3.31. The summed E-state index contributed by atoms with van der Waals surface area (Å²) in [4.78, 5) is 24.4. The Balaban J connectivity index is 2.01. The van der Waals surface area contributed by atoms with Gasteiger partial charge in [0.15, 0.2) is 0 Å². The van der Waals surface area contributed by atoms with Crippen molar-refractivity contribution < 1.29 is 9.53 Å². The number of methoxy groups -OCH3 is 1. The molecule has 22 heavy (non-hydrogen) atoms. The highest BCUT2D eigenvalue weighted by Gasteiger charge is 2.16. The van der Waals surface area contributed by atoms with Gasteiger partial charge in [-0.2, -0.15) is 5.10 Å². The number of nitrogens with one attached hydrogen (secondary N) is 2. The molecule has 7 heteroatoms. The van der Waals surface area contributed by atoms with E-state index in [9.17, 15) is 9.59 Å². The Morgan fingerprint density at radius 3 is 3.00 bits per heavy atom.